The quantitative estimate of drug-likeness (QED) is 0.138. The van der Waals surface area contributed by atoms with Gasteiger partial charge in [-0.25, -0.2) is 4.79 Å². The Morgan fingerprint density at radius 1 is 0.970 bits per heavy atom. The highest BCUT2D eigenvalue weighted by Crippen LogP contribution is 2.04. The van der Waals surface area contributed by atoms with Crippen LogP contribution in [-0.2, 0) is 30.4 Å². The second-order valence-electron chi connectivity index (χ2n) is 7.34. The number of nitrogens with two attached hydrogens (primary N) is 2. The summed E-state index contributed by atoms with van der Waals surface area (Å²) in [5.41, 5.74) is 11.8. The van der Waals surface area contributed by atoms with Gasteiger partial charge in [-0.2, -0.15) is 12.6 Å². The summed E-state index contributed by atoms with van der Waals surface area (Å²) in [6.45, 7) is 1.23. The van der Waals surface area contributed by atoms with Crippen molar-refractivity contribution in [2.45, 2.75) is 50.0 Å². The number of carbonyl (C=O) groups is 5. The Morgan fingerprint density at radius 3 is 2.03 bits per heavy atom. The zero-order valence-corrected chi connectivity index (χ0v) is 18.8. The molecule has 1 aromatic carbocycles. The van der Waals surface area contributed by atoms with Gasteiger partial charge in [0.05, 0.1) is 18.6 Å². The van der Waals surface area contributed by atoms with Crippen molar-refractivity contribution in [2.24, 2.45) is 11.5 Å². The summed E-state index contributed by atoms with van der Waals surface area (Å²) in [6, 6.07) is 3.43. The van der Waals surface area contributed by atoms with Gasteiger partial charge in [-0.3, -0.25) is 19.2 Å². The van der Waals surface area contributed by atoms with Crippen LogP contribution in [0.2, 0.25) is 0 Å². The average molecular weight is 484 g/mol. The van der Waals surface area contributed by atoms with Crippen molar-refractivity contribution >= 4 is 42.2 Å². The van der Waals surface area contributed by atoms with Crippen molar-refractivity contribution < 1.29 is 34.2 Å². The summed E-state index contributed by atoms with van der Waals surface area (Å²) in [5, 5.41) is 25.7. The Balaban J connectivity index is 2.89. The van der Waals surface area contributed by atoms with Gasteiger partial charge in [0.1, 0.15) is 18.1 Å². The van der Waals surface area contributed by atoms with Gasteiger partial charge in [-0.15, -0.1) is 0 Å². The van der Waals surface area contributed by atoms with Gasteiger partial charge in [-0.05, 0) is 18.9 Å². The molecule has 33 heavy (non-hydrogen) atoms. The molecular weight excluding hydrogens is 454 g/mol. The molecular formula is C20H29N5O7S. The predicted molar refractivity (Wildman–Crippen MR) is 121 cm³/mol. The minimum Gasteiger partial charge on any atom is -0.480 e. The highest BCUT2D eigenvalue weighted by Gasteiger charge is 2.33. The summed E-state index contributed by atoms with van der Waals surface area (Å²) in [4.78, 5) is 60.0. The molecule has 0 saturated heterocycles. The van der Waals surface area contributed by atoms with Crippen LogP contribution in [-0.4, -0.2) is 75.8 Å². The molecule has 1 rings (SSSR count). The molecule has 1 aromatic rings. The fourth-order valence-electron chi connectivity index (χ4n) is 2.76. The van der Waals surface area contributed by atoms with Crippen molar-refractivity contribution in [1.82, 2.24) is 16.0 Å². The summed E-state index contributed by atoms with van der Waals surface area (Å²) >= 11 is 3.82. The van der Waals surface area contributed by atoms with Crippen LogP contribution < -0.4 is 27.4 Å². The summed E-state index contributed by atoms with van der Waals surface area (Å²) in [5.74, 6) is -5.29. The lowest BCUT2D eigenvalue weighted by atomic mass is 10.0. The Labute approximate surface area is 195 Å². The van der Waals surface area contributed by atoms with Gasteiger partial charge in [-0.1, -0.05) is 30.3 Å². The zero-order valence-electron chi connectivity index (χ0n) is 17.9. The molecule has 0 saturated carbocycles. The number of amides is 4. The number of thiol groups is 1. The number of nitrogens with one attached hydrogen (secondary N) is 3. The van der Waals surface area contributed by atoms with E-state index in [-0.39, 0.29) is 12.2 Å². The van der Waals surface area contributed by atoms with Crippen LogP contribution in [0.15, 0.2) is 30.3 Å². The van der Waals surface area contributed by atoms with Gasteiger partial charge in [0.2, 0.25) is 23.6 Å². The number of rotatable bonds is 13. The lowest BCUT2D eigenvalue weighted by Gasteiger charge is -2.26. The van der Waals surface area contributed by atoms with E-state index in [1.165, 1.54) is 6.92 Å². The standard InChI is InChI=1S/C20H29N5O7S/c1-10(26)16(25-17(28)12(21)7-11-5-3-2-4-6-11)19(30)23-13(8-15(22)27)18(29)24-14(9-33)20(31)32/h2-6,10,12-14,16,26,33H,7-9,21H2,1H3,(H2,22,27)(H,23,30)(H,24,29)(H,25,28)(H,31,32). The number of carboxylic acids is 1. The molecule has 9 N–H and O–H groups in total. The number of benzene rings is 1. The molecule has 5 unspecified atom stereocenters. The summed E-state index contributed by atoms with van der Waals surface area (Å²) < 4.78 is 0. The third-order valence-electron chi connectivity index (χ3n) is 4.53. The number of aliphatic hydroxyl groups is 1. The minimum absolute atomic E-state index is 0.174. The molecule has 0 aliphatic rings. The van der Waals surface area contributed by atoms with E-state index >= 15 is 0 Å². The van der Waals surface area contributed by atoms with Gasteiger partial charge in [0.15, 0.2) is 0 Å². The van der Waals surface area contributed by atoms with Crippen molar-refractivity contribution in [3.8, 4) is 0 Å². The third kappa shape index (κ3) is 9.47. The van der Waals surface area contributed by atoms with Crippen molar-refractivity contribution in [2.75, 3.05) is 5.75 Å². The number of carboxylic acid groups (broad SMARTS) is 1. The van der Waals surface area contributed by atoms with E-state index in [0.29, 0.717) is 0 Å². The average Bonchev–Trinajstić information content (AvgIpc) is 2.74. The Bertz CT molecular complexity index is 852. The molecule has 0 aromatic heterocycles. The third-order valence-corrected chi connectivity index (χ3v) is 4.90. The molecule has 0 aliphatic heterocycles. The first kappa shape index (κ1) is 27.9. The second kappa shape index (κ2) is 13.4. The van der Waals surface area contributed by atoms with Gasteiger partial charge in [0.25, 0.3) is 0 Å². The van der Waals surface area contributed by atoms with Crippen molar-refractivity contribution in [3.05, 3.63) is 35.9 Å². The van der Waals surface area contributed by atoms with Crippen molar-refractivity contribution in [1.29, 1.82) is 0 Å². The van der Waals surface area contributed by atoms with E-state index in [2.05, 4.69) is 28.6 Å². The van der Waals surface area contributed by atoms with E-state index in [1.807, 2.05) is 0 Å². The van der Waals surface area contributed by atoms with Crippen LogP contribution in [0, 0.1) is 0 Å². The normalized spacial score (nSPS) is 15.3. The molecule has 0 bridgehead atoms. The van der Waals surface area contributed by atoms with E-state index in [9.17, 15) is 29.1 Å². The van der Waals surface area contributed by atoms with E-state index in [0.717, 1.165) is 5.56 Å². The molecule has 4 amide bonds. The number of hydrogen-bond donors (Lipinski definition) is 8. The van der Waals surface area contributed by atoms with E-state index in [4.69, 9.17) is 16.6 Å². The van der Waals surface area contributed by atoms with Crippen LogP contribution in [0.4, 0.5) is 0 Å². The number of aliphatic carboxylic acids is 1. The largest absolute Gasteiger partial charge is 0.480 e. The maximum Gasteiger partial charge on any atom is 0.327 e. The minimum atomic E-state index is -1.55. The summed E-state index contributed by atoms with van der Waals surface area (Å²) in [7, 11) is 0. The van der Waals surface area contributed by atoms with Crippen LogP contribution in [0.25, 0.3) is 0 Å². The predicted octanol–water partition coefficient (Wildman–Crippen LogP) is -2.72. The fourth-order valence-corrected chi connectivity index (χ4v) is 3.00. The van der Waals surface area contributed by atoms with Crippen molar-refractivity contribution in [3.63, 3.8) is 0 Å². The Morgan fingerprint density at radius 2 is 1.55 bits per heavy atom. The number of primary amides is 1. The molecule has 0 fully saturated rings. The smallest absolute Gasteiger partial charge is 0.327 e. The topological polar surface area (TPSA) is 214 Å². The van der Waals surface area contributed by atoms with Crippen LogP contribution in [0.5, 0.6) is 0 Å². The Kier molecular flexibility index (Phi) is 11.3. The molecule has 0 heterocycles. The first-order chi connectivity index (χ1) is 15.5. The van der Waals surface area contributed by atoms with Crippen LogP contribution >= 0.6 is 12.6 Å². The van der Waals surface area contributed by atoms with Gasteiger partial charge in [0, 0.05) is 5.75 Å². The highest BCUT2D eigenvalue weighted by atomic mass is 32.1. The van der Waals surface area contributed by atoms with Gasteiger partial charge >= 0.3 is 5.97 Å². The SMILES string of the molecule is CC(O)C(NC(=O)C(N)Cc1ccccc1)C(=O)NC(CC(N)=O)C(=O)NC(CS)C(=O)O. The fraction of sp³-hybridized carbons (Fsp3) is 0.450. The zero-order chi connectivity index (χ0) is 25.1. The summed E-state index contributed by atoms with van der Waals surface area (Å²) in [6.07, 6.45) is -1.86. The van der Waals surface area contributed by atoms with E-state index in [1.54, 1.807) is 30.3 Å². The molecule has 12 nitrogen and oxygen atoms in total. The van der Waals surface area contributed by atoms with Crippen LogP contribution in [0.3, 0.4) is 0 Å². The molecule has 0 spiro atoms. The molecule has 0 radical (unpaired) electrons. The molecule has 5 atom stereocenters. The lowest BCUT2D eigenvalue weighted by Crippen LogP contribution is -2.60. The molecule has 0 aliphatic carbocycles. The highest BCUT2D eigenvalue weighted by molar-refractivity contribution is 7.80. The lowest BCUT2D eigenvalue weighted by molar-refractivity contribution is -0.142. The second-order valence-corrected chi connectivity index (χ2v) is 7.70. The Hall–Kier alpha value is -3.16. The maximum atomic E-state index is 12.7. The molecule has 182 valence electrons. The van der Waals surface area contributed by atoms with E-state index < -0.39 is 66.3 Å². The van der Waals surface area contributed by atoms with Gasteiger partial charge < -0.3 is 37.6 Å². The number of aliphatic hydroxyl groups excluding tert-OH is 1. The first-order valence-corrected chi connectivity index (χ1v) is 10.6. The number of hydrogen-bond acceptors (Lipinski definition) is 8. The van der Waals surface area contributed by atoms with Crippen LogP contribution in [0.1, 0.15) is 18.9 Å². The monoisotopic (exact) mass is 483 g/mol. The maximum absolute atomic E-state index is 12.7. The first-order valence-electron chi connectivity index (χ1n) is 9.96. The molecule has 13 heteroatoms. The number of carbonyl (C=O) groups excluding carboxylic acids is 4.